The Balaban J connectivity index is 0.967. The smallest absolute Gasteiger partial charge is 0.0519 e. The van der Waals surface area contributed by atoms with Crippen LogP contribution < -0.4 is 9.80 Å². The maximum absolute atomic E-state index is 2.43. The van der Waals surface area contributed by atoms with Crippen molar-refractivity contribution < 1.29 is 0 Å². The molecule has 0 N–H and O–H groups in total. The van der Waals surface area contributed by atoms with Crippen LogP contribution in [0.4, 0.5) is 34.1 Å². The topological polar surface area (TPSA) is 6.48 Å². The summed E-state index contributed by atoms with van der Waals surface area (Å²) < 4.78 is 0. The lowest BCUT2D eigenvalue weighted by Crippen LogP contribution is -2.13. The molecule has 10 aromatic rings. The summed E-state index contributed by atoms with van der Waals surface area (Å²) in [4.78, 5) is 4.85. The zero-order chi connectivity index (χ0) is 41.9. The van der Waals surface area contributed by atoms with Crippen LogP contribution >= 0.6 is 0 Å². The van der Waals surface area contributed by atoms with Crippen LogP contribution in [0.2, 0.25) is 0 Å². The lowest BCUT2D eigenvalue weighted by Gasteiger charge is -2.30. The zero-order valence-electron chi connectivity index (χ0n) is 35.5. The van der Waals surface area contributed by atoms with Crippen molar-refractivity contribution in [2.45, 2.75) is 27.7 Å². The molecule has 0 spiro atoms. The Morgan fingerprint density at radius 1 is 0.242 bits per heavy atom. The Labute approximate surface area is 364 Å². The number of fused-ring (bicyclic) bond motifs is 6. The third-order valence-electron chi connectivity index (χ3n) is 12.8. The van der Waals surface area contributed by atoms with Gasteiger partial charge in [-0.15, -0.1) is 0 Å². The number of nitrogens with zero attached hydrogens (tertiary/aromatic N) is 2. The molecule has 0 fully saturated rings. The molecule has 11 rings (SSSR count). The van der Waals surface area contributed by atoms with Crippen LogP contribution in [-0.2, 0) is 0 Å². The summed E-state index contributed by atoms with van der Waals surface area (Å²) in [5, 5.41) is 4.96. The van der Waals surface area contributed by atoms with Crippen LogP contribution in [0.15, 0.2) is 206 Å². The van der Waals surface area contributed by atoms with Crippen LogP contribution in [0.25, 0.3) is 66.1 Å². The zero-order valence-corrected chi connectivity index (χ0v) is 35.5. The van der Waals surface area contributed by atoms with Gasteiger partial charge >= 0.3 is 0 Å². The molecule has 2 heteroatoms. The molecule has 2 nitrogen and oxygen atoms in total. The van der Waals surface area contributed by atoms with Crippen molar-refractivity contribution in [3.05, 3.63) is 229 Å². The Bertz CT molecular complexity index is 3030. The van der Waals surface area contributed by atoms with Crippen molar-refractivity contribution in [1.82, 2.24) is 0 Å². The van der Waals surface area contributed by atoms with E-state index in [0.29, 0.717) is 0 Å². The minimum atomic E-state index is 1.14. The highest BCUT2D eigenvalue weighted by atomic mass is 15.2. The first-order valence-corrected chi connectivity index (χ1v) is 21.6. The van der Waals surface area contributed by atoms with E-state index >= 15 is 0 Å². The summed E-state index contributed by atoms with van der Waals surface area (Å²) in [6.45, 7) is 8.86. The van der Waals surface area contributed by atoms with Crippen molar-refractivity contribution in [3.63, 3.8) is 0 Å². The molecule has 0 aromatic heterocycles. The summed E-state index contributed by atoms with van der Waals surface area (Å²) in [6, 6.07) is 75.8. The van der Waals surface area contributed by atoms with Crippen LogP contribution in [0.5, 0.6) is 0 Å². The van der Waals surface area contributed by atoms with E-state index in [1.54, 1.807) is 0 Å². The SMILES string of the molecule is Cc1cccc(C)c1N(c1ccc(-c2ccccc2)cc1)c1ccc2cc3c(cc2c1)-c1cc2ccc(N(c4ccc(-c5ccccc5)cc4)c4c(C)cccc4C)cc2cc1-3. The van der Waals surface area contributed by atoms with Crippen LogP contribution in [0.1, 0.15) is 22.3 Å². The monoisotopic (exact) mass is 794 g/mol. The molecule has 0 saturated heterocycles. The summed E-state index contributed by atoms with van der Waals surface area (Å²) >= 11 is 0. The standard InChI is InChI=1S/C60H46N2/c1-39-13-11-14-40(2)59(39)61(51-27-21-45(22-28-51)43-17-7-5-8-18-43)53-31-25-47-35-55-57(37-49(47)33-53)56-36-48-26-32-54(34-50(48)38-58(55)56)62(60-41(3)15-12-16-42(60)4)52-29-23-46(24-30-52)44-19-9-6-10-20-44/h5-38H,1-4H3. The first-order chi connectivity index (χ1) is 30.4. The van der Waals surface area contributed by atoms with Gasteiger partial charge < -0.3 is 9.80 Å². The summed E-state index contributed by atoms with van der Waals surface area (Å²) in [6.07, 6.45) is 0. The van der Waals surface area contributed by atoms with Gasteiger partial charge in [-0.2, -0.15) is 0 Å². The van der Waals surface area contributed by atoms with Gasteiger partial charge in [0.15, 0.2) is 0 Å². The van der Waals surface area contributed by atoms with Crippen LogP contribution in [0.3, 0.4) is 0 Å². The first-order valence-electron chi connectivity index (χ1n) is 21.6. The van der Waals surface area contributed by atoms with E-state index in [0.717, 1.165) is 22.7 Å². The molecule has 10 aromatic carbocycles. The molecular weight excluding hydrogens is 749 g/mol. The highest BCUT2D eigenvalue weighted by Crippen LogP contribution is 2.52. The average Bonchev–Trinajstić information content (AvgIpc) is 3.31. The minimum Gasteiger partial charge on any atom is -0.310 e. The van der Waals surface area contributed by atoms with E-state index in [4.69, 9.17) is 0 Å². The second kappa shape index (κ2) is 15.1. The molecule has 0 saturated carbocycles. The highest BCUT2D eigenvalue weighted by Gasteiger charge is 2.26. The molecule has 1 aliphatic rings. The number of hydrogen-bond acceptors (Lipinski definition) is 2. The molecule has 296 valence electrons. The van der Waals surface area contributed by atoms with Gasteiger partial charge in [-0.1, -0.05) is 133 Å². The second-order valence-electron chi connectivity index (χ2n) is 16.8. The fraction of sp³-hybridized carbons (Fsp3) is 0.0667. The highest BCUT2D eigenvalue weighted by molar-refractivity contribution is 6.12. The summed E-state index contributed by atoms with van der Waals surface area (Å²) in [7, 11) is 0. The number of anilines is 6. The predicted octanol–water partition coefficient (Wildman–Crippen LogP) is 17.1. The lowest BCUT2D eigenvalue weighted by atomic mass is 9.78. The number of benzene rings is 10. The molecule has 0 aliphatic heterocycles. The maximum atomic E-state index is 2.43. The molecule has 0 radical (unpaired) electrons. The van der Waals surface area contributed by atoms with Gasteiger partial charge in [-0.05, 0) is 189 Å². The number of aryl methyl sites for hydroxylation is 4. The fourth-order valence-electron chi connectivity index (χ4n) is 9.68. The van der Waals surface area contributed by atoms with E-state index in [1.807, 2.05) is 0 Å². The van der Waals surface area contributed by atoms with Crippen molar-refractivity contribution in [1.29, 1.82) is 0 Å². The van der Waals surface area contributed by atoms with Crippen molar-refractivity contribution in [2.24, 2.45) is 0 Å². The van der Waals surface area contributed by atoms with Gasteiger partial charge in [-0.3, -0.25) is 0 Å². The first kappa shape index (κ1) is 37.3. The molecule has 0 amide bonds. The van der Waals surface area contributed by atoms with Crippen LogP contribution in [-0.4, -0.2) is 0 Å². The molecule has 0 unspecified atom stereocenters. The summed E-state index contributed by atoms with van der Waals surface area (Å²) in [5.74, 6) is 0. The van der Waals surface area contributed by atoms with E-state index in [2.05, 4.69) is 244 Å². The molecule has 0 atom stereocenters. The van der Waals surface area contributed by atoms with Crippen molar-refractivity contribution >= 4 is 55.7 Å². The minimum absolute atomic E-state index is 1.14. The van der Waals surface area contributed by atoms with Crippen LogP contribution in [0, 0.1) is 27.7 Å². The van der Waals surface area contributed by atoms with Gasteiger partial charge in [-0.25, -0.2) is 0 Å². The lowest BCUT2D eigenvalue weighted by molar-refractivity contribution is 1.22. The molecular formula is C60H46N2. The Hall–Kier alpha value is -7.68. The van der Waals surface area contributed by atoms with Crippen molar-refractivity contribution in [3.8, 4) is 44.5 Å². The molecule has 1 aliphatic carbocycles. The second-order valence-corrected chi connectivity index (χ2v) is 16.8. The fourth-order valence-corrected chi connectivity index (χ4v) is 9.68. The number of hydrogen-bond donors (Lipinski definition) is 0. The number of para-hydroxylation sites is 2. The predicted molar refractivity (Wildman–Crippen MR) is 265 cm³/mol. The third-order valence-corrected chi connectivity index (χ3v) is 12.8. The van der Waals surface area contributed by atoms with Crippen molar-refractivity contribution in [2.75, 3.05) is 9.80 Å². The Morgan fingerprint density at radius 3 is 0.903 bits per heavy atom. The number of rotatable bonds is 8. The van der Waals surface area contributed by atoms with Gasteiger partial charge in [0, 0.05) is 22.7 Å². The third kappa shape index (κ3) is 6.44. The molecule has 62 heavy (non-hydrogen) atoms. The quantitative estimate of drug-likeness (QED) is 0.151. The van der Waals surface area contributed by atoms with E-state index in [9.17, 15) is 0 Å². The molecule has 0 bridgehead atoms. The molecule has 0 heterocycles. The maximum Gasteiger partial charge on any atom is 0.0519 e. The van der Waals surface area contributed by atoms with E-state index < -0.39 is 0 Å². The Kier molecular flexibility index (Phi) is 9.09. The average molecular weight is 795 g/mol. The Morgan fingerprint density at radius 2 is 0.548 bits per heavy atom. The van der Waals surface area contributed by atoms with Gasteiger partial charge in [0.25, 0.3) is 0 Å². The normalized spacial score (nSPS) is 11.5. The van der Waals surface area contributed by atoms with Gasteiger partial charge in [0.1, 0.15) is 0 Å². The van der Waals surface area contributed by atoms with Gasteiger partial charge in [0.05, 0.1) is 11.4 Å². The van der Waals surface area contributed by atoms with Gasteiger partial charge in [0.2, 0.25) is 0 Å². The summed E-state index contributed by atoms with van der Waals surface area (Å²) in [5.41, 5.74) is 22.1. The largest absolute Gasteiger partial charge is 0.310 e. The van der Waals surface area contributed by atoms with E-state index in [-0.39, 0.29) is 0 Å². The van der Waals surface area contributed by atoms with E-state index in [1.165, 1.54) is 99.7 Å².